The van der Waals surface area contributed by atoms with E-state index >= 15 is 0 Å². The van der Waals surface area contributed by atoms with Crippen molar-refractivity contribution < 1.29 is 14.3 Å². The molecule has 0 amide bonds. The van der Waals surface area contributed by atoms with Crippen molar-refractivity contribution in [1.29, 1.82) is 0 Å². The second-order valence-electron chi connectivity index (χ2n) is 1.80. The van der Waals surface area contributed by atoms with Crippen LogP contribution in [0.25, 0.3) is 0 Å². The Balaban J connectivity index is 3.87. The number of carbonyl (C=O) groups excluding carboxylic acids is 1. The third-order valence-electron chi connectivity index (χ3n) is 1.11. The molecular weight excluding hydrogens is 150 g/mol. The maximum Gasteiger partial charge on any atom is 0.241 e. The van der Waals surface area contributed by atoms with Crippen LogP contribution in [0.4, 0.5) is 0 Å². The molecule has 0 aromatic rings. The lowest BCUT2D eigenvalue weighted by Crippen LogP contribution is -2.29. The van der Waals surface area contributed by atoms with Crippen molar-refractivity contribution in [2.45, 2.75) is 12.5 Å². The highest BCUT2D eigenvalue weighted by Crippen LogP contribution is 1.97. The quantitative estimate of drug-likeness (QED) is 0.249. The molecule has 0 aliphatic rings. The van der Waals surface area contributed by atoms with E-state index in [0.717, 1.165) is 0 Å². The lowest BCUT2D eigenvalue weighted by molar-refractivity contribution is -0.0468. The second kappa shape index (κ2) is 5.31. The molecule has 1 atom stereocenters. The monoisotopic (exact) mass is 161 g/mol. The number of hydrogen-bond donors (Lipinski definition) is 0. The van der Waals surface area contributed by atoms with E-state index in [1.54, 1.807) is 0 Å². The molecule has 5 heteroatoms. The topological polar surface area (TPSA) is 47.9 Å². The van der Waals surface area contributed by atoms with E-state index in [1.807, 2.05) is 6.55 Å². The maximum absolute atomic E-state index is 9.78. The summed E-state index contributed by atoms with van der Waals surface area (Å²) < 4.78 is 13.3. The third-order valence-corrected chi connectivity index (χ3v) is 2.96. The van der Waals surface area contributed by atoms with Crippen LogP contribution < -0.4 is 0 Å². The molecule has 0 radical (unpaired) electrons. The molecule has 10 heavy (non-hydrogen) atoms. The molecule has 0 rings (SSSR count). The normalized spacial score (nSPS) is 12.8. The molecule has 0 spiro atoms. The number of isocyanates is 1. The van der Waals surface area contributed by atoms with Gasteiger partial charge in [0.25, 0.3) is 0 Å². The summed E-state index contributed by atoms with van der Waals surface area (Å²) in [6, 6.07) is 0. The predicted octanol–water partition coefficient (Wildman–Crippen LogP) is -0.166. The summed E-state index contributed by atoms with van der Waals surface area (Å²) in [7, 11) is 1.49. The minimum Gasteiger partial charge on any atom is -0.357 e. The van der Waals surface area contributed by atoms with Gasteiger partial charge in [-0.3, -0.25) is 0 Å². The number of methoxy groups -OCH3 is 2. The molecule has 4 nitrogen and oxygen atoms in total. The van der Waals surface area contributed by atoms with Gasteiger partial charge >= 0.3 is 0 Å². The summed E-state index contributed by atoms with van der Waals surface area (Å²) in [6.45, 7) is 1.85. The van der Waals surface area contributed by atoms with Gasteiger partial charge in [-0.25, -0.2) is 9.45 Å². The average Bonchev–Trinajstić information content (AvgIpc) is 1.91. The fraction of sp³-hybridized carbons (Fsp3) is 0.800. The van der Waals surface area contributed by atoms with Crippen LogP contribution in [-0.4, -0.2) is 35.2 Å². The van der Waals surface area contributed by atoms with Crippen LogP contribution in [0.3, 0.4) is 0 Å². The molecule has 0 N–H and O–H groups in total. The van der Waals surface area contributed by atoms with Crippen LogP contribution >= 0.6 is 0 Å². The van der Waals surface area contributed by atoms with Crippen LogP contribution in [0.5, 0.6) is 0 Å². The van der Waals surface area contributed by atoms with Crippen molar-refractivity contribution in [1.82, 2.24) is 0 Å². The number of nitrogens with zero attached hydrogens (tertiary/aromatic N) is 1. The molecule has 0 bridgehead atoms. The first kappa shape index (κ1) is 9.52. The molecule has 0 saturated carbocycles. The summed E-state index contributed by atoms with van der Waals surface area (Å²) >= 11 is 0. The highest BCUT2D eigenvalue weighted by Gasteiger charge is 2.16. The Morgan fingerprint density at radius 3 is 2.30 bits per heavy atom. The van der Waals surface area contributed by atoms with E-state index in [-0.39, 0.29) is 5.91 Å². The van der Waals surface area contributed by atoms with Crippen molar-refractivity contribution in [2.75, 3.05) is 14.2 Å². The predicted molar refractivity (Wildman–Crippen MR) is 38.9 cm³/mol. The van der Waals surface area contributed by atoms with E-state index in [1.165, 1.54) is 20.3 Å². The van der Waals surface area contributed by atoms with Gasteiger partial charge in [0.05, 0.1) is 0 Å². The van der Waals surface area contributed by atoms with Crippen molar-refractivity contribution >= 4 is 15.0 Å². The largest absolute Gasteiger partial charge is 0.357 e. The van der Waals surface area contributed by atoms with Gasteiger partial charge in [-0.2, -0.15) is 0 Å². The van der Waals surface area contributed by atoms with E-state index in [2.05, 4.69) is 4.66 Å². The molecule has 0 heterocycles. The highest BCUT2D eigenvalue weighted by molar-refractivity contribution is 6.57. The molecule has 0 aliphatic heterocycles. The van der Waals surface area contributed by atoms with Crippen molar-refractivity contribution in [3.63, 3.8) is 0 Å². The van der Waals surface area contributed by atoms with Gasteiger partial charge in [-0.15, -0.1) is 0 Å². The van der Waals surface area contributed by atoms with Gasteiger partial charge in [0.2, 0.25) is 15.0 Å². The fourth-order valence-corrected chi connectivity index (χ4v) is 1.71. The first-order valence-electron chi connectivity index (χ1n) is 2.88. The fourth-order valence-electron chi connectivity index (χ4n) is 0.634. The van der Waals surface area contributed by atoms with Gasteiger partial charge in [0.15, 0.2) is 5.91 Å². The Kier molecular flexibility index (Phi) is 5.06. The van der Waals surface area contributed by atoms with Gasteiger partial charge < -0.3 is 9.47 Å². The van der Waals surface area contributed by atoms with E-state index in [4.69, 9.17) is 9.47 Å². The zero-order valence-corrected chi connectivity index (χ0v) is 7.48. The summed E-state index contributed by atoms with van der Waals surface area (Å²) in [5.41, 5.74) is 0. The zero-order chi connectivity index (χ0) is 7.98. The first-order chi connectivity index (χ1) is 4.76. The first-order valence-corrected chi connectivity index (χ1v) is 5.22. The zero-order valence-electron chi connectivity index (χ0n) is 6.33. The third kappa shape index (κ3) is 2.89. The Morgan fingerprint density at radius 1 is 1.50 bits per heavy atom. The van der Waals surface area contributed by atoms with Crippen LogP contribution in [-0.2, 0) is 14.3 Å². The molecule has 0 aromatic carbocycles. The summed E-state index contributed by atoms with van der Waals surface area (Å²) in [4.78, 5) is 9.78. The Hall–Kier alpha value is -0.483. The van der Waals surface area contributed by atoms with Gasteiger partial charge in [-0.05, 0) is 6.55 Å². The SMILES string of the molecule is COC(OC)[SiH](C)N=C=O. The van der Waals surface area contributed by atoms with Crippen molar-refractivity contribution in [3.8, 4) is 0 Å². The molecule has 0 aliphatic carbocycles. The Morgan fingerprint density at radius 2 is 2.00 bits per heavy atom. The van der Waals surface area contributed by atoms with Gasteiger partial charge in [0, 0.05) is 14.2 Å². The minimum atomic E-state index is -1.56. The van der Waals surface area contributed by atoms with Crippen molar-refractivity contribution in [2.24, 2.45) is 4.66 Å². The highest BCUT2D eigenvalue weighted by atomic mass is 28.3. The van der Waals surface area contributed by atoms with Gasteiger partial charge in [0.1, 0.15) is 0 Å². The molecule has 0 aromatic heterocycles. The molecule has 0 fully saturated rings. The smallest absolute Gasteiger partial charge is 0.241 e. The average molecular weight is 161 g/mol. The summed E-state index contributed by atoms with van der Waals surface area (Å²) in [5, 5.41) is 0. The van der Waals surface area contributed by atoms with Crippen LogP contribution in [0.15, 0.2) is 4.66 Å². The number of rotatable bonds is 4. The summed E-state index contributed by atoms with van der Waals surface area (Å²) in [6.07, 6.45) is 1.49. The van der Waals surface area contributed by atoms with E-state index in [0.29, 0.717) is 0 Å². The van der Waals surface area contributed by atoms with Gasteiger partial charge in [-0.1, -0.05) is 0 Å². The minimum absolute atomic E-state index is 0.318. The molecule has 1 unspecified atom stereocenters. The number of ether oxygens (including phenoxy) is 2. The molecular formula is C5H11NO3Si. The standard InChI is InChI=1S/C5H11NO3Si/c1-8-5(9-2)10(3)6-4-7/h5,10H,1-3H3. The van der Waals surface area contributed by atoms with Crippen LogP contribution in [0.1, 0.15) is 0 Å². The van der Waals surface area contributed by atoms with E-state index in [9.17, 15) is 4.79 Å². The lowest BCUT2D eigenvalue weighted by atomic mass is 11.3. The van der Waals surface area contributed by atoms with Crippen LogP contribution in [0, 0.1) is 0 Å². The second-order valence-corrected chi connectivity index (χ2v) is 4.08. The lowest BCUT2D eigenvalue weighted by Gasteiger charge is -2.13. The van der Waals surface area contributed by atoms with Crippen LogP contribution in [0.2, 0.25) is 6.55 Å². The van der Waals surface area contributed by atoms with E-state index < -0.39 is 8.96 Å². The molecule has 0 saturated heterocycles. The Labute approximate surface area is 61.5 Å². The van der Waals surface area contributed by atoms with Crippen molar-refractivity contribution in [3.05, 3.63) is 0 Å². The maximum atomic E-state index is 9.78. The molecule has 58 valence electrons. The Bertz CT molecular complexity index is 131. The number of hydrogen-bond acceptors (Lipinski definition) is 4. The summed E-state index contributed by atoms with van der Waals surface area (Å²) in [5.74, 6) is -0.318.